The van der Waals surface area contributed by atoms with E-state index in [0.717, 1.165) is 30.5 Å². The highest BCUT2D eigenvalue weighted by Gasteiger charge is 2.33. The molecule has 3 rings (SSSR count). The zero-order chi connectivity index (χ0) is 22.8. The van der Waals surface area contributed by atoms with Crippen molar-refractivity contribution in [2.75, 3.05) is 0 Å². The normalized spacial score (nSPS) is 12.3. The monoisotopic (exact) mass is 441 g/mol. The fourth-order valence-electron chi connectivity index (χ4n) is 2.65. The van der Waals surface area contributed by atoms with Crippen molar-refractivity contribution in [1.82, 2.24) is 15.0 Å². The minimum atomic E-state index is -5.13. The summed E-state index contributed by atoms with van der Waals surface area (Å²) in [6.07, 6.45) is -3.14. The maximum absolute atomic E-state index is 14.3. The number of carbonyl (C=O) groups excluding carboxylic acids is 1. The fourth-order valence-corrected chi connectivity index (χ4v) is 2.65. The Kier molecular flexibility index (Phi) is 5.90. The van der Waals surface area contributed by atoms with Crippen LogP contribution in [0.1, 0.15) is 27.7 Å². The van der Waals surface area contributed by atoms with Crippen molar-refractivity contribution in [3.05, 3.63) is 93.7 Å². The third-order valence-corrected chi connectivity index (χ3v) is 4.01. The predicted molar refractivity (Wildman–Crippen MR) is 94.5 cm³/mol. The lowest BCUT2D eigenvalue weighted by Crippen LogP contribution is -2.32. The molecule has 0 aliphatic rings. The van der Waals surface area contributed by atoms with E-state index in [-0.39, 0.29) is 21.6 Å². The van der Waals surface area contributed by atoms with Gasteiger partial charge in [-0.2, -0.15) is 4.73 Å². The second-order valence-electron chi connectivity index (χ2n) is 6.12. The van der Waals surface area contributed by atoms with Crippen LogP contribution in [0, 0.1) is 11.6 Å². The molecule has 3 aromatic rings. The summed E-state index contributed by atoms with van der Waals surface area (Å²) in [6, 6.07) is 5.13. The number of ether oxygens (including phenoxy) is 1. The van der Waals surface area contributed by atoms with E-state index >= 15 is 0 Å². The van der Waals surface area contributed by atoms with Crippen molar-refractivity contribution >= 4 is 5.91 Å². The van der Waals surface area contributed by atoms with Crippen LogP contribution in [0.25, 0.3) is 0 Å². The molecule has 0 radical (unpaired) electrons. The maximum atomic E-state index is 14.3. The van der Waals surface area contributed by atoms with Gasteiger partial charge in [-0.1, -0.05) is 6.07 Å². The molecule has 0 saturated heterocycles. The number of carbonyl (C=O) groups is 1. The van der Waals surface area contributed by atoms with Crippen molar-refractivity contribution in [3.8, 4) is 5.75 Å². The van der Waals surface area contributed by atoms with Gasteiger partial charge in [-0.25, -0.2) is 8.78 Å². The van der Waals surface area contributed by atoms with Crippen molar-refractivity contribution in [2.24, 2.45) is 0 Å². The Hall–Kier alpha value is -3.96. The van der Waals surface area contributed by atoms with Crippen LogP contribution < -0.4 is 15.6 Å². The van der Waals surface area contributed by atoms with E-state index in [1.165, 1.54) is 12.3 Å². The first kappa shape index (κ1) is 21.7. The van der Waals surface area contributed by atoms with Crippen LogP contribution in [0.3, 0.4) is 0 Å². The van der Waals surface area contributed by atoms with E-state index in [1.807, 2.05) is 0 Å². The van der Waals surface area contributed by atoms with Gasteiger partial charge in [-0.3, -0.25) is 14.6 Å². The van der Waals surface area contributed by atoms with Crippen molar-refractivity contribution < 1.29 is 36.7 Å². The van der Waals surface area contributed by atoms with Crippen LogP contribution in [-0.4, -0.2) is 27.2 Å². The first-order chi connectivity index (χ1) is 14.5. The van der Waals surface area contributed by atoms with E-state index in [0.29, 0.717) is 12.1 Å². The molecule has 0 aliphatic carbocycles. The molecule has 2 heterocycles. The van der Waals surface area contributed by atoms with Gasteiger partial charge in [0.15, 0.2) is 11.6 Å². The van der Waals surface area contributed by atoms with Gasteiger partial charge in [0.05, 0.1) is 17.8 Å². The second-order valence-corrected chi connectivity index (χ2v) is 6.12. The smallest absolute Gasteiger partial charge is 0.425 e. The van der Waals surface area contributed by atoms with Gasteiger partial charge in [0.25, 0.3) is 11.5 Å². The number of nitrogens with zero attached hydrogens (tertiary/aromatic N) is 2. The molecule has 0 spiro atoms. The Morgan fingerprint density at radius 1 is 1.13 bits per heavy atom. The Morgan fingerprint density at radius 3 is 2.48 bits per heavy atom. The fraction of sp³-hybridized carbons (Fsp3) is 0.105. The number of amides is 1. The average molecular weight is 441 g/mol. The van der Waals surface area contributed by atoms with E-state index in [1.54, 1.807) is 0 Å². The molecule has 1 amide bonds. The largest absolute Gasteiger partial charge is 0.573 e. The number of nitrogens with one attached hydrogen (secondary N) is 1. The third-order valence-electron chi connectivity index (χ3n) is 4.01. The minimum absolute atomic E-state index is 0.143. The van der Waals surface area contributed by atoms with Gasteiger partial charge in [0, 0.05) is 12.3 Å². The van der Waals surface area contributed by atoms with Gasteiger partial charge in [-0.05, 0) is 35.9 Å². The van der Waals surface area contributed by atoms with Crippen LogP contribution in [0.5, 0.6) is 5.75 Å². The van der Waals surface area contributed by atoms with E-state index < -0.39 is 41.3 Å². The van der Waals surface area contributed by atoms with E-state index in [9.17, 15) is 36.7 Å². The summed E-state index contributed by atoms with van der Waals surface area (Å²) >= 11 is 0. The average Bonchev–Trinajstić information content (AvgIpc) is 2.69. The second kappa shape index (κ2) is 8.42. The van der Waals surface area contributed by atoms with Gasteiger partial charge in [0.2, 0.25) is 0 Å². The third kappa shape index (κ3) is 5.15. The molecule has 0 unspecified atom stereocenters. The van der Waals surface area contributed by atoms with Gasteiger partial charge in [0.1, 0.15) is 11.5 Å². The summed E-state index contributed by atoms with van der Waals surface area (Å²) in [4.78, 5) is 27.6. The van der Waals surface area contributed by atoms with Gasteiger partial charge in [-0.15, -0.1) is 13.2 Å². The van der Waals surface area contributed by atoms with Crippen LogP contribution >= 0.6 is 0 Å². The summed E-state index contributed by atoms with van der Waals surface area (Å²) in [7, 11) is 0. The van der Waals surface area contributed by atoms with Gasteiger partial charge < -0.3 is 15.3 Å². The van der Waals surface area contributed by atoms with Crippen LogP contribution in [0.4, 0.5) is 22.0 Å². The Labute approximate surface area is 170 Å². The quantitative estimate of drug-likeness (QED) is 0.469. The lowest BCUT2D eigenvalue weighted by atomic mass is 10.0. The first-order valence-corrected chi connectivity index (χ1v) is 8.43. The summed E-state index contributed by atoms with van der Waals surface area (Å²) in [5, 5.41) is 11.8. The molecular formula is C19H12F5N3O4. The number of halogens is 5. The zero-order valence-corrected chi connectivity index (χ0v) is 15.2. The summed E-state index contributed by atoms with van der Waals surface area (Å²) in [6.45, 7) is 0. The predicted octanol–water partition coefficient (Wildman–Crippen LogP) is 3.18. The minimum Gasteiger partial charge on any atom is -0.425 e. The number of hydrogen-bond donors (Lipinski definition) is 2. The summed E-state index contributed by atoms with van der Waals surface area (Å²) < 4.78 is 69.3. The number of hydrogen-bond acceptors (Lipinski definition) is 5. The van der Waals surface area contributed by atoms with Gasteiger partial charge >= 0.3 is 6.36 Å². The lowest BCUT2D eigenvalue weighted by Gasteiger charge is -2.20. The highest BCUT2D eigenvalue weighted by Crippen LogP contribution is 2.30. The topological polar surface area (TPSA) is 93.5 Å². The molecule has 2 N–H and O–H groups in total. The Bertz CT molecular complexity index is 1180. The maximum Gasteiger partial charge on any atom is 0.573 e. The molecule has 2 aromatic heterocycles. The standard InChI is InChI=1S/C19H12F5N3O4/c20-12-2-1-7-25-17(12)16(26-18(29)11-4-6-15(28)27(30)9-11)10-3-5-14(13(21)8-10)31-19(22,23)24/h1-9,16,30H,(H,26,29)/t16-/m0/s1. The molecule has 1 aromatic carbocycles. The molecule has 0 aliphatic heterocycles. The highest BCUT2D eigenvalue weighted by atomic mass is 19.4. The Morgan fingerprint density at radius 2 is 1.87 bits per heavy atom. The number of pyridine rings is 2. The molecule has 1 atom stereocenters. The lowest BCUT2D eigenvalue weighted by molar-refractivity contribution is -0.275. The van der Waals surface area contributed by atoms with Crippen LogP contribution in [0.2, 0.25) is 0 Å². The van der Waals surface area contributed by atoms with Crippen LogP contribution in [0.15, 0.2) is 59.7 Å². The zero-order valence-electron chi connectivity index (χ0n) is 15.2. The summed E-state index contributed by atoms with van der Waals surface area (Å²) in [5.41, 5.74) is -1.51. The molecule has 7 nitrogen and oxygen atoms in total. The number of benzene rings is 1. The molecular weight excluding hydrogens is 429 g/mol. The number of alkyl halides is 3. The first-order valence-electron chi connectivity index (χ1n) is 8.43. The van der Waals surface area contributed by atoms with Crippen molar-refractivity contribution in [2.45, 2.75) is 12.4 Å². The van der Waals surface area contributed by atoms with E-state index in [2.05, 4.69) is 15.0 Å². The molecule has 0 bridgehead atoms. The molecule has 31 heavy (non-hydrogen) atoms. The number of aromatic nitrogens is 2. The molecule has 0 saturated carbocycles. The Balaban J connectivity index is 2.00. The summed E-state index contributed by atoms with van der Waals surface area (Å²) in [5.74, 6) is -4.31. The molecule has 0 fully saturated rings. The van der Waals surface area contributed by atoms with E-state index in [4.69, 9.17) is 0 Å². The molecule has 162 valence electrons. The molecule has 12 heteroatoms. The highest BCUT2D eigenvalue weighted by molar-refractivity contribution is 5.94. The van der Waals surface area contributed by atoms with Crippen molar-refractivity contribution in [1.29, 1.82) is 0 Å². The number of rotatable bonds is 5. The van der Waals surface area contributed by atoms with Crippen LogP contribution in [-0.2, 0) is 0 Å². The SMILES string of the molecule is O=C(N[C@@H](c1ccc(OC(F)(F)F)c(F)c1)c1ncccc1F)c1ccc(=O)n(O)c1. The van der Waals surface area contributed by atoms with Crippen molar-refractivity contribution in [3.63, 3.8) is 0 Å².